The van der Waals surface area contributed by atoms with Gasteiger partial charge in [-0.2, -0.15) is 0 Å². The van der Waals surface area contributed by atoms with Crippen LogP contribution in [0.15, 0.2) is 36.4 Å². The van der Waals surface area contributed by atoms with Gasteiger partial charge in [0.15, 0.2) is 11.6 Å². The minimum Gasteiger partial charge on any atom is -0.453 e. The van der Waals surface area contributed by atoms with Gasteiger partial charge in [0.05, 0.1) is 60.5 Å². The molecular formula is C48H56F4N10O6. The number of aromatic amines is 2. The van der Waals surface area contributed by atoms with Gasteiger partial charge in [-0.25, -0.2) is 37.1 Å². The van der Waals surface area contributed by atoms with Crippen molar-refractivity contribution in [2.45, 2.75) is 102 Å². The summed E-state index contributed by atoms with van der Waals surface area (Å²) in [6, 6.07) is 4.91. The summed E-state index contributed by atoms with van der Waals surface area (Å²) in [4.78, 5) is 73.5. The Balaban J connectivity index is 1.07. The number of imidazole rings is 2. The third kappa shape index (κ3) is 8.84. The van der Waals surface area contributed by atoms with Gasteiger partial charge < -0.3 is 49.7 Å². The molecule has 68 heavy (non-hydrogen) atoms. The highest BCUT2D eigenvalue weighted by molar-refractivity contribution is 5.87. The fourth-order valence-corrected chi connectivity index (χ4v) is 10.7. The van der Waals surface area contributed by atoms with Crippen LogP contribution in [0.2, 0.25) is 0 Å². The maximum absolute atomic E-state index is 16.7. The SMILES string of the molecule is COC(=O)NCC(=O)N1CCC[C@H]1c1nc2cc(F)c([C@H]3CC[C@H](c4cc5[nH]c([C@@H]6CCCN6C(=O)[C@@H](NC(=O)OC)C(C)C)nc5cc4F)N3c3cc(F)c(N4CCCCC4)c(F)c3)cc2[nH]1. The van der Waals surface area contributed by atoms with Crippen molar-refractivity contribution in [3.05, 3.63) is 82.4 Å². The number of carbonyl (C=O) groups is 4. The number of ether oxygens (including phenoxy) is 2. The van der Waals surface area contributed by atoms with E-state index in [0.717, 1.165) is 19.3 Å². The summed E-state index contributed by atoms with van der Waals surface area (Å²) in [6.45, 7) is 5.24. The average molecular weight is 945 g/mol. The molecule has 4 amide bonds. The molecular weight excluding hydrogens is 889 g/mol. The Kier molecular flexibility index (Phi) is 13.1. The smallest absolute Gasteiger partial charge is 0.407 e. The van der Waals surface area contributed by atoms with Gasteiger partial charge in [-0.05, 0) is 88.0 Å². The zero-order valence-corrected chi connectivity index (χ0v) is 38.5. The van der Waals surface area contributed by atoms with E-state index in [1.165, 1.54) is 38.5 Å². The molecule has 4 N–H and O–H groups in total. The molecule has 0 unspecified atom stereocenters. The van der Waals surface area contributed by atoms with Crippen LogP contribution in [0.1, 0.15) is 119 Å². The molecule has 4 aliphatic heterocycles. The number of halogens is 4. The van der Waals surface area contributed by atoms with Crippen molar-refractivity contribution >= 4 is 57.4 Å². The van der Waals surface area contributed by atoms with Crippen molar-refractivity contribution in [1.82, 2.24) is 40.4 Å². The second-order valence-corrected chi connectivity index (χ2v) is 18.5. The number of anilines is 2. The van der Waals surface area contributed by atoms with E-state index >= 15 is 17.6 Å². The summed E-state index contributed by atoms with van der Waals surface area (Å²) in [5, 5.41) is 5.06. The van der Waals surface area contributed by atoms with E-state index in [2.05, 4.69) is 30.3 Å². The van der Waals surface area contributed by atoms with Gasteiger partial charge in [-0.1, -0.05) is 13.8 Å². The van der Waals surface area contributed by atoms with Crippen LogP contribution in [-0.4, -0.2) is 107 Å². The number of carbonyl (C=O) groups excluding carboxylic acids is 4. The third-order valence-electron chi connectivity index (χ3n) is 14.0. The normalized spacial score (nSPS) is 21.3. The number of piperidine rings is 1. The Morgan fingerprint density at radius 3 is 1.72 bits per heavy atom. The minimum atomic E-state index is -0.848. The number of H-pyrrole nitrogens is 2. The van der Waals surface area contributed by atoms with Gasteiger partial charge in [-0.3, -0.25) is 9.59 Å². The fraction of sp³-hybridized carbons (Fsp3) is 0.500. The summed E-state index contributed by atoms with van der Waals surface area (Å²) >= 11 is 0. The molecule has 0 bridgehead atoms. The quantitative estimate of drug-likeness (QED) is 0.0945. The largest absolute Gasteiger partial charge is 0.453 e. The number of nitrogens with one attached hydrogen (secondary N) is 4. The van der Waals surface area contributed by atoms with E-state index in [-0.39, 0.29) is 59.6 Å². The molecule has 6 heterocycles. The number of likely N-dealkylation sites (tertiary alicyclic amines) is 2. The number of nitrogens with zero attached hydrogens (tertiary/aromatic N) is 6. The van der Waals surface area contributed by atoms with Crippen molar-refractivity contribution in [2.75, 3.05) is 56.7 Å². The highest BCUT2D eigenvalue weighted by Crippen LogP contribution is 2.50. The summed E-state index contributed by atoms with van der Waals surface area (Å²) in [5.41, 5.74) is 1.97. The third-order valence-corrected chi connectivity index (χ3v) is 14.0. The monoisotopic (exact) mass is 944 g/mol. The Morgan fingerprint density at radius 2 is 1.19 bits per heavy atom. The van der Waals surface area contributed by atoms with Gasteiger partial charge in [0.25, 0.3) is 0 Å². The summed E-state index contributed by atoms with van der Waals surface area (Å²) in [6.07, 6.45) is 4.18. The molecule has 362 valence electrons. The van der Waals surface area contributed by atoms with Crippen LogP contribution in [0.25, 0.3) is 22.1 Å². The summed E-state index contributed by atoms with van der Waals surface area (Å²) < 4.78 is 75.5. The van der Waals surface area contributed by atoms with Crippen LogP contribution >= 0.6 is 0 Å². The highest BCUT2D eigenvalue weighted by Gasteiger charge is 2.41. The molecule has 0 aliphatic carbocycles. The molecule has 16 nitrogen and oxygen atoms in total. The van der Waals surface area contributed by atoms with Crippen LogP contribution in [0.5, 0.6) is 0 Å². The average Bonchev–Trinajstić information content (AvgIpc) is 4.18. The molecule has 0 radical (unpaired) electrons. The molecule has 0 spiro atoms. The standard InChI is InChI=1S/C48H56F4N10O6/c1-25(2)42(58-48(66)68-4)46(64)61-17-9-11-40(61)45-55-34-21-28(30(50)23-36(34)57-45)38-13-12-37(62(38)26-18-31(51)43(32(52)19-26)59-14-6-5-7-15-59)27-20-33-35(22-29(27)49)56-44(54-33)39-10-8-16-60(39)41(63)24-53-47(65)67-3/h18-23,25,37-40,42H,5-17,24H2,1-4H3,(H,53,65)(H,54,56)(H,55,57)(H,58,66)/t37-,38-,39+,40+,42+/m1/s1. The number of alkyl carbamates (subject to hydrolysis) is 2. The van der Waals surface area contributed by atoms with Gasteiger partial charge in [0.2, 0.25) is 11.8 Å². The van der Waals surface area contributed by atoms with Crippen LogP contribution < -0.4 is 20.4 Å². The first-order chi connectivity index (χ1) is 32.7. The molecule has 5 aromatic rings. The van der Waals surface area contributed by atoms with Crippen molar-refractivity contribution in [3.63, 3.8) is 0 Å². The van der Waals surface area contributed by atoms with E-state index in [9.17, 15) is 19.2 Å². The van der Waals surface area contributed by atoms with Crippen LogP contribution in [0, 0.1) is 29.2 Å². The second kappa shape index (κ2) is 19.2. The number of rotatable bonds is 11. The van der Waals surface area contributed by atoms with E-state index < -0.39 is 65.7 Å². The molecule has 5 atom stereocenters. The zero-order chi connectivity index (χ0) is 48.0. The van der Waals surface area contributed by atoms with Crippen LogP contribution in [0.3, 0.4) is 0 Å². The fourth-order valence-electron chi connectivity index (χ4n) is 10.7. The number of amides is 4. The first kappa shape index (κ1) is 46.5. The highest BCUT2D eigenvalue weighted by atomic mass is 19.1. The summed E-state index contributed by atoms with van der Waals surface area (Å²) in [5.74, 6) is -2.77. The molecule has 4 saturated heterocycles. The van der Waals surface area contributed by atoms with Crippen molar-refractivity contribution < 1.29 is 46.2 Å². The lowest BCUT2D eigenvalue weighted by molar-refractivity contribution is -0.135. The molecule has 4 aliphatic rings. The van der Waals surface area contributed by atoms with Gasteiger partial charge in [0, 0.05) is 55.1 Å². The topological polar surface area (TPSA) is 181 Å². The predicted molar refractivity (Wildman–Crippen MR) is 244 cm³/mol. The zero-order valence-electron chi connectivity index (χ0n) is 38.5. The molecule has 2 aromatic heterocycles. The number of hydrogen-bond acceptors (Lipinski definition) is 10. The molecule has 0 saturated carbocycles. The Bertz CT molecular complexity index is 2720. The number of aromatic nitrogens is 4. The lowest BCUT2D eigenvalue weighted by Gasteiger charge is -2.35. The van der Waals surface area contributed by atoms with E-state index in [1.807, 2.05) is 13.8 Å². The number of methoxy groups -OCH3 is 2. The maximum Gasteiger partial charge on any atom is 0.407 e. The summed E-state index contributed by atoms with van der Waals surface area (Å²) in [7, 11) is 2.43. The predicted octanol–water partition coefficient (Wildman–Crippen LogP) is 8.13. The van der Waals surface area contributed by atoms with Crippen LogP contribution in [0.4, 0.5) is 38.5 Å². The second-order valence-electron chi connectivity index (χ2n) is 18.5. The number of fused-ring (bicyclic) bond motifs is 2. The van der Waals surface area contributed by atoms with Gasteiger partial charge in [-0.15, -0.1) is 0 Å². The first-order valence-corrected chi connectivity index (χ1v) is 23.4. The van der Waals surface area contributed by atoms with Crippen molar-refractivity contribution in [1.29, 1.82) is 0 Å². The van der Waals surface area contributed by atoms with Crippen molar-refractivity contribution in [2.24, 2.45) is 5.92 Å². The minimum absolute atomic E-state index is 0.115. The maximum atomic E-state index is 16.7. The van der Waals surface area contributed by atoms with Crippen LogP contribution in [-0.2, 0) is 19.1 Å². The molecule has 9 rings (SSSR count). The number of hydrogen-bond donors (Lipinski definition) is 4. The van der Waals surface area contributed by atoms with Gasteiger partial charge in [0.1, 0.15) is 41.6 Å². The van der Waals surface area contributed by atoms with E-state index in [0.29, 0.717) is 85.6 Å². The van der Waals surface area contributed by atoms with E-state index in [4.69, 9.17) is 9.72 Å². The molecule has 4 fully saturated rings. The number of benzene rings is 3. The molecule has 3 aromatic carbocycles. The lowest BCUT2D eigenvalue weighted by atomic mass is 10.0. The Hall–Kier alpha value is -6.60. The Labute approximate surface area is 390 Å². The first-order valence-electron chi connectivity index (χ1n) is 23.4. The van der Waals surface area contributed by atoms with E-state index in [1.54, 1.807) is 31.7 Å². The van der Waals surface area contributed by atoms with Gasteiger partial charge >= 0.3 is 12.2 Å². The Morgan fingerprint density at radius 1 is 0.662 bits per heavy atom. The lowest BCUT2D eigenvalue weighted by Crippen LogP contribution is -2.51. The molecule has 20 heteroatoms. The van der Waals surface area contributed by atoms with Crippen molar-refractivity contribution in [3.8, 4) is 0 Å².